The van der Waals surface area contributed by atoms with Gasteiger partial charge in [-0.1, -0.05) is 0 Å². The molecule has 2 N–H and O–H groups in total. The summed E-state index contributed by atoms with van der Waals surface area (Å²) in [4.78, 5) is 0. The van der Waals surface area contributed by atoms with Gasteiger partial charge in [0.25, 0.3) is 0 Å². The molecule has 0 saturated heterocycles. The van der Waals surface area contributed by atoms with E-state index >= 15 is 0 Å². The minimum Gasteiger partial charge on any atom is -0.313 e. The third kappa shape index (κ3) is 3.14. The van der Waals surface area contributed by atoms with Crippen LogP contribution in [0.4, 0.5) is 0 Å². The van der Waals surface area contributed by atoms with Crippen molar-refractivity contribution >= 4 is 12.4 Å². The Morgan fingerprint density at radius 3 is 2.67 bits per heavy atom. The molecule has 0 bridgehead atoms. The largest absolute Gasteiger partial charge is 0.313 e. The number of nitrogens with zero attached hydrogens (tertiary/aromatic N) is 1. The lowest BCUT2D eigenvalue weighted by Gasteiger charge is -1.76. The quantitative estimate of drug-likeness (QED) is 0.355. The molecule has 0 fully saturated rings. The van der Waals surface area contributed by atoms with Gasteiger partial charge in [-0.2, -0.15) is 5.10 Å². The average Bonchev–Trinajstić information content (AvgIpc) is 1.61. The lowest BCUT2D eigenvalue weighted by atomic mass is 10.8. The zero-order chi connectivity index (χ0) is 4.83. The summed E-state index contributed by atoms with van der Waals surface area (Å²) in [6, 6.07) is 0. The summed E-state index contributed by atoms with van der Waals surface area (Å²) in [5.41, 5.74) is 2.49. The molecule has 0 radical (unpaired) electrons. The molecular formula is C3H7N3. The van der Waals surface area contributed by atoms with Crippen LogP contribution in [-0.2, 0) is 0 Å². The molecule has 0 aromatic heterocycles. The van der Waals surface area contributed by atoms with Gasteiger partial charge in [0, 0.05) is 13.3 Å². The van der Waals surface area contributed by atoms with Gasteiger partial charge in [0.1, 0.15) is 0 Å². The van der Waals surface area contributed by atoms with E-state index in [1.807, 2.05) is 0 Å². The maximum atomic E-state index is 6.39. The second-order valence-electron chi connectivity index (χ2n) is 0.668. The zero-order valence-electron chi connectivity index (χ0n) is 3.60. The van der Waals surface area contributed by atoms with Gasteiger partial charge < -0.3 is 10.8 Å². The fraction of sp³-hybridized carbons (Fsp3) is 0.333. The second-order valence-corrected chi connectivity index (χ2v) is 0.668. The van der Waals surface area contributed by atoms with Gasteiger partial charge in [0.15, 0.2) is 0 Å². The van der Waals surface area contributed by atoms with Gasteiger partial charge in [-0.05, 0) is 0 Å². The summed E-state index contributed by atoms with van der Waals surface area (Å²) in [5.74, 6) is 0. The number of hydrazone groups is 1. The number of hydrogen-bond acceptors (Lipinski definition) is 3. The van der Waals surface area contributed by atoms with Crippen molar-refractivity contribution < 1.29 is 0 Å². The second kappa shape index (κ2) is 4.14. The smallest absolute Gasteiger partial charge is 0.0643 e. The summed E-state index contributed by atoms with van der Waals surface area (Å²) in [6.45, 7) is 0. The lowest BCUT2D eigenvalue weighted by molar-refractivity contribution is 0.910. The van der Waals surface area contributed by atoms with E-state index in [0.717, 1.165) is 6.21 Å². The van der Waals surface area contributed by atoms with Gasteiger partial charge in [0.2, 0.25) is 0 Å². The van der Waals surface area contributed by atoms with E-state index in [1.165, 1.54) is 6.21 Å². The molecule has 3 nitrogen and oxygen atoms in total. The zero-order valence-corrected chi connectivity index (χ0v) is 3.60. The van der Waals surface area contributed by atoms with Gasteiger partial charge in [-0.3, -0.25) is 0 Å². The predicted molar refractivity (Wildman–Crippen MR) is 26.3 cm³/mol. The van der Waals surface area contributed by atoms with Gasteiger partial charge in [-0.25, -0.2) is 0 Å². The maximum Gasteiger partial charge on any atom is 0.0643 e. The highest BCUT2D eigenvalue weighted by Gasteiger charge is 1.51. The molecule has 0 spiro atoms. The van der Waals surface area contributed by atoms with Crippen molar-refractivity contribution in [2.75, 3.05) is 7.05 Å². The summed E-state index contributed by atoms with van der Waals surface area (Å²) in [6.07, 6.45) is 2.47. The first kappa shape index (κ1) is 5.14. The van der Waals surface area contributed by atoms with Crippen molar-refractivity contribution in [3.8, 4) is 0 Å². The van der Waals surface area contributed by atoms with E-state index < -0.39 is 0 Å². The Morgan fingerprint density at radius 2 is 2.50 bits per heavy atom. The van der Waals surface area contributed by atoms with E-state index in [4.69, 9.17) is 5.41 Å². The maximum absolute atomic E-state index is 6.39. The van der Waals surface area contributed by atoms with E-state index in [2.05, 4.69) is 10.5 Å². The van der Waals surface area contributed by atoms with Gasteiger partial charge in [-0.15, -0.1) is 0 Å². The fourth-order valence-electron chi connectivity index (χ4n) is 0.112. The first-order chi connectivity index (χ1) is 2.91. The molecule has 0 aliphatic heterocycles. The first-order valence-electron chi connectivity index (χ1n) is 1.60. The Hall–Kier alpha value is -0.860. The van der Waals surface area contributed by atoms with Gasteiger partial charge in [0.05, 0.1) is 6.21 Å². The predicted octanol–water partition coefficient (Wildman–Crippen LogP) is -0.159. The molecular weight excluding hydrogens is 78.1 g/mol. The summed E-state index contributed by atoms with van der Waals surface area (Å²) in [5, 5.41) is 9.86. The summed E-state index contributed by atoms with van der Waals surface area (Å²) in [7, 11) is 1.68. The van der Waals surface area contributed by atoms with Crippen LogP contribution < -0.4 is 5.43 Å². The third-order valence-electron chi connectivity index (χ3n) is 0.278. The van der Waals surface area contributed by atoms with Crippen LogP contribution >= 0.6 is 0 Å². The molecule has 0 aliphatic carbocycles. The Morgan fingerprint density at radius 1 is 1.83 bits per heavy atom. The molecule has 0 amide bonds. The molecule has 0 heterocycles. The molecule has 0 aromatic carbocycles. The van der Waals surface area contributed by atoms with Crippen LogP contribution in [0.3, 0.4) is 0 Å². The van der Waals surface area contributed by atoms with Crippen molar-refractivity contribution in [2.24, 2.45) is 5.10 Å². The topological polar surface area (TPSA) is 48.2 Å². The van der Waals surface area contributed by atoms with Crippen molar-refractivity contribution in [3.63, 3.8) is 0 Å². The van der Waals surface area contributed by atoms with E-state index in [9.17, 15) is 0 Å². The molecule has 34 valence electrons. The fourth-order valence-corrected chi connectivity index (χ4v) is 0.112. The lowest BCUT2D eigenvalue weighted by Crippen LogP contribution is -1.93. The summed E-state index contributed by atoms with van der Waals surface area (Å²) >= 11 is 0. The standard InChI is InChI=1S/C3H7N3/c1-5-6-3-2-4/h2-5H,1H3/b4-2?,6-3-. The molecule has 0 aromatic rings. The van der Waals surface area contributed by atoms with Crippen LogP contribution in [0, 0.1) is 5.41 Å². The van der Waals surface area contributed by atoms with E-state index in [-0.39, 0.29) is 0 Å². The van der Waals surface area contributed by atoms with Crippen molar-refractivity contribution in [1.29, 1.82) is 5.41 Å². The highest BCUT2D eigenvalue weighted by molar-refractivity contribution is 6.14. The highest BCUT2D eigenvalue weighted by atomic mass is 15.3. The van der Waals surface area contributed by atoms with Crippen molar-refractivity contribution in [1.82, 2.24) is 5.43 Å². The SMILES string of the molecule is CN/N=C\C=N. The van der Waals surface area contributed by atoms with E-state index in [1.54, 1.807) is 7.05 Å². The van der Waals surface area contributed by atoms with E-state index in [0.29, 0.717) is 0 Å². The minimum atomic E-state index is 1.11. The monoisotopic (exact) mass is 85.1 g/mol. The first-order valence-corrected chi connectivity index (χ1v) is 1.60. The highest BCUT2D eigenvalue weighted by Crippen LogP contribution is 1.41. The number of nitrogens with one attached hydrogen (secondary N) is 2. The Kier molecular flexibility index (Phi) is 3.55. The molecule has 0 rings (SSSR count). The van der Waals surface area contributed by atoms with Crippen LogP contribution in [0.25, 0.3) is 0 Å². The summed E-state index contributed by atoms with van der Waals surface area (Å²) < 4.78 is 0. The van der Waals surface area contributed by atoms with Crippen LogP contribution in [0.5, 0.6) is 0 Å². The Bertz CT molecular complexity index is 57.1. The Balaban J connectivity index is 2.94. The van der Waals surface area contributed by atoms with Crippen LogP contribution in [-0.4, -0.2) is 19.5 Å². The van der Waals surface area contributed by atoms with Crippen LogP contribution in [0.2, 0.25) is 0 Å². The normalized spacial score (nSPS) is 8.83. The molecule has 0 unspecified atom stereocenters. The van der Waals surface area contributed by atoms with Crippen LogP contribution in [0.1, 0.15) is 0 Å². The number of rotatable bonds is 2. The molecule has 0 aliphatic rings. The third-order valence-corrected chi connectivity index (χ3v) is 0.278. The van der Waals surface area contributed by atoms with Crippen LogP contribution in [0.15, 0.2) is 5.10 Å². The Labute approximate surface area is 36.6 Å². The van der Waals surface area contributed by atoms with Crippen molar-refractivity contribution in [3.05, 3.63) is 0 Å². The average molecular weight is 85.1 g/mol. The minimum absolute atomic E-state index is 1.11. The molecule has 0 saturated carbocycles. The van der Waals surface area contributed by atoms with Crippen molar-refractivity contribution in [2.45, 2.75) is 0 Å². The van der Waals surface area contributed by atoms with Gasteiger partial charge >= 0.3 is 0 Å². The number of hydrogen-bond donors (Lipinski definition) is 2. The molecule has 6 heavy (non-hydrogen) atoms. The molecule has 3 heteroatoms. The molecule has 0 atom stereocenters.